The van der Waals surface area contributed by atoms with E-state index < -0.39 is 0 Å². The fourth-order valence-electron chi connectivity index (χ4n) is 0.710. The Morgan fingerprint density at radius 3 is 1.40 bits per heavy atom. The molecule has 0 bridgehead atoms. The third-order valence-electron chi connectivity index (χ3n) is 1.23. The summed E-state index contributed by atoms with van der Waals surface area (Å²) in [5.41, 5.74) is 0. The molecule has 0 aliphatic rings. The fourth-order valence-corrected chi connectivity index (χ4v) is 1.90. The lowest BCUT2D eigenvalue weighted by atomic mass is 10.2. The fraction of sp³-hybridized carbons (Fsp3) is 0.750. The van der Waals surface area contributed by atoms with Crippen molar-refractivity contribution < 1.29 is 0 Å². The minimum absolute atomic E-state index is 1.15. The monoisotopic (exact) mass is 268 g/mol. The molecule has 0 rings (SSSR count). The molecule has 0 atom stereocenters. The lowest BCUT2D eigenvalue weighted by Crippen LogP contribution is -1.77. The maximum atomic E-state index is 3.54. The molecule has 0 radical (unpaired) electrons. The van der Waals surface area contributed by atoms with Gasteiger partial charge in [-0.15, -0.1) is 0 Å². The first-order chi connectivity index (χ1) is 4.72. The van der Waals surface area contributed by atoms with Gasteiger partial charge in [0.1, 0.15) is 0 Å². The first-order valence-corrected chi connectivity index (χ1v) is 5.34. The van der Waals surface area contributed by atoms with Crippen LogP contribution in [0.15, 0.2) is 8.96 Å². The van der Waals surface area contributed by atoms with Gasteiger partial charge < -0.3 is 0 Å². The summed E-state index contributed by atoms with van der Waals surface area (Å²) in [6, 6.07) is 0. The zero-order valence-corrected chi connectivity index (χ0v) is 9.76. The summed E-state index contributed by atoms with van der Waals surface area (Å²) < 4.78 is 2.66. The highest BCUT2D eigenvalue weighted by molar-refractivity contribution is 9.14. The van der Waals surface area contributed by atoms with Crippen molar-refractivity contribution >= 4 is 31.9 Å². The first kappa shape index (κ1) is 10.7. The molecule has 0 heterocycles. The highest BCUT2D eigenvalue weighted by Crippen LogP contribution is 2.25. The van der Waals surface area contributed by atoms with E-state index in [1.807, 2.05) is 0 Å². The molecule has 0 aromatic rings. The largest absolute Gasteiger partial charge is 0.0650 e. The Balaban J connectivity index is 3.79. The molecule has 0 fully saturated rings. The van der Waals surface area contributed by atoms with Crippen LogP contribution in [-0.4, -0.2) is 0 Å². The number of rotatable bonds is 4. The molecular weight excluding hydrogens is 256 g/mol. The molecule has 0 unspecified atom stereocenters. The second-order valence-corrected chi connectivity index (χ2v) is 4.22. The quantitative estimate of drug-likeness (QED) is 0.700. The van der Waals surface area contributed by atoms with Crippen molar-refractivity contribution in [1.82, 2.24) is 0 Å². The van der Waals surface area contributed by atoms with Gasteiger partial charge in [0.25, 0.3) is 0 Å². The van der Waals surface area contributed by atoms with Gasteiger partial charge in [0.05, 0.1) is 0 Å². The molecular formula is C8H14Br2. The van der Waals surface area contributed by atoms with Crippen LogP contribution in [0.5, 0.6) is 0 Å². The highest BCUT2D eigenvalue weighted by atomic mass is 79.9. The van der Waals surface area contributed by atoms with Gasteiger partial charge >= 0.3 is 0 Å². The summed E-state index contributed by atoms with van der Waals surface area (Å²) in [4.78, 5) is 0. The summed E-state index contributed by atoms with van der Waals surface area (Å²) in [6.45, 7) is 4.38. The predicted molar refractivity (Wildman–Crippen MR) is 54.7 cm³/mol. The van der Waals surface area contributed by atoms with Crippen LogP contribution in [0, 0.1) is 0 Å². The minimum Gasteiger partial charge on any atom is -0.0650 e. The number of allylic oxidation sites excluding steroid dienone is 2. The standard InChI is InChI=1S/C8H14Br2/c1-3-5-7(9)8(10)6-4-2/h3-6H2,1-2H3/b8-7-. The smallest absolute Gasteiger partial charge is 0.00517 e. The molecule has 0 N–H and O–H groups in total. The van der Waals surface area contributed by atoms with Gasteiger partial charge in [-0.1, -0.05) is 58.5 Å². The summed E-state index contributed by atoms with van der Waals surface area (Å²) >= 11 is 7.07. The molecule has 10 heavy (non-hydrogen) atoms. The van der Waals surface area contributed by atoms with Crippen molar-refractivity contribution in [3.8, 4) is 0 Å². The normalized spacial score (nSPS) is 13.2. The average Bonchev–Trinajstić information content (AvgIpc) is 1.89. The molecule has 0 aliphatic carbocycles. The van der Waals surface area contributed by atoms with Crippen molar-refractivity contribution in [3.63, 3.8) is 0 Å². The summed E-state index contributed by atoms with van der Waals surface area (Å²) in [7, 11) is 0. The third kappa shape index (κ3) is 4.51. The van der Waals surface area contributed by atoms with Gasteiger partial charge in [-0.3, -0.25) is 0 Å². The number of halogens is 2. The van der Waals surface area contributed by atoms with Crippen LogP contribution in [0.3, 0.4) is 0 Å². The molecule has 0 amide bonds. The zero-order chi connectivity index (χ0) is 7.98. The average molecular weight is 270 g/mol. The van der Waals surface area contributed by atoms with Crippen molar-refractivity contribution in [2.24, 2.45) is 0 Å². The van der Waals surface area contributed by atoms with Gasteiger partial charge in [0, 0.05) is 8.96 Å². The Kier molecular flexibility index (Phi) is 6.86. The molecule has 0 nitrogen and oxygen atoms in total. The van der Waals surface area contributed by atoms with Crippen LogP contribution in [0.1, 0.15) is 39.5 Å². The molecule has 0 spiro atoms. The van der Waals surface area contributed by atoms with Crippen LogP contribution in [0.25, 0.3) is 0 Å². The van der Waals surface area contributed by atoms with Gasteiger partial charge in [-0.2, -0.15) is 0 Å². The second kappa shape index (κ2) is 6.41. The van der Waals surface area contributed by atoms with Crippen molar-refractivity contribution in [3.05, 3.63) is 8.96 Å². The topological polar surface area (TPSA) is 0 Å². The summed E-state index contributed by atoms with van der Waals surface area (Å²) in [6.07, 6.45) is 4.72. The Labute approximate surface area is 80.3 Å². The van der Waals surface area contributed by atoms with Gasteiger partial charge in [-0.05, 0) is 12.8 Å². The highest BCUT2D eigenvalue weighted by Gasteiger charge is 1.97. The first-order valence-electron chi connectivity index (χ1n) is 3.75. The number of hydrogen-bond donors (Lipinski definition) is 0. The lowest BCUT2D eigenvalue weighted by Gasteiger charge is -2.00. The lowest BCUT2D eigenvalue weighted by molar-refractivity contribution is 0.908. The van der Waals surface area contributed by atoms with E-state index in [1.165, 1.54) is 21.8 Å². The zero-order valence-electron chi connectivity index (χ0n) is 6.58. The predicted octanol–water partition coefficient (Wildman–Crippen LogP) is 4.59. The molecule has 0 aromatic heterocycles. The van der Waals surface area contributed by atoms with Crippen molar-refractivity contribution in [2.75, 3.05) is 0 Å². The molecule has 60 valence electrons. The van der Waals surface area contributed by atoms with E-state index in [0.29, 0.717) is 0 Å². The van der Waals surface area contributed by atoms with E-state index in [4.69, 9.17) is 0 Å². The van der Waals surface area contributed by atoms with Crippen LogP contribution in [-0.2, 0) is 0 Å². The van der Waals surface area contributed by atoms with Crippen molar-refractivity contribution in [1.29, 1.82) is 0 Å². The van der Waals surface area contributed by atoms with E-state index >= 15 is 0 Å². The van der Waals surface area contributed by atoms with E-state index in [1.54, 1.807) is 0 Å². The Morgan fingerprint density at radius 1 is 0.900 bits per heavy atom. The summed E-state index contributed by atoms with van der Waals surface area (Å²) in [5, 5.41) is 0. The van der Waals surface area contributed by atoms with Gasteiger partial charge in [0.15, 0.2) is 0 Å². The van der Waals surface area contributed by atoms with Crippen LogP contribution in [0.4, 0.5) is 0 Å². The maximum Gasteiger partial charge on any atom is 0.00517 e. The van der Waals surface area contributed by atoms with Gasteiger partial charge in [-0.25, -0.2) is 0 Å². The van der Waals surface area contributed by atoms with Gasteiger partial charge in [0.2, 0.25) is 0 Å². The maximum absolute atomic E-state index is 3.54. The molecule has 0 saturated carbocycles. The van der Waals surface area contributed by atoms with E-state index in [2.05, 4.69) is 45.7 Å². The molecule has 0 aliphatic heterocycles. The molecule has 2 heteroatoms. The SMILES string of the molecule is CCC/C(Br)=C(/Br)CCC. The van der Waals surface area contributed by atoms with Crippen LogP contribution < -0.4 is 0 Å². The minimum atomic E-state index is 1.15. The van der Waals surface area contributed by atoms with Crippen molar-refractivity contribution in [2.45, 2.75) is 39.5 Å². The van der Waals surface area contributed by atoms with E-state index in [9.17, 15) is 0 Å². The molecule has 0 aromatic carbocycles. The second-order valence-electron chi connectivity index (χ2n) is 2.31. The van der Waals surface area contributed by atoms with Crippen LogP contribution >= 0.6 is 31.9 Å². The van der Waals surface area contributed by atoms with E-state index in [-0.39, 0.29) is 0 Å². The molecule has 0 saturated heterocycles. The Bertz CT molecular complexity index is 102. The Morgan fingerprint density at radius 2 is 1.20 bits per heavy atom. The number of hydrogen-bond acceptors (Lipinski definition) is 0. The third-order valence-corrected chi connectivity index (χ3v) is 3.52. The summed E-state index contributed by atoms with van der Waals surface area (Å²) in [5.74, 6) is 0. The van der Waals surface area contributed by atoms with E-state index in [0.717, 1.165) is 12.8 Å². The van der Waals surface area contributed by atoms with Crippen LogP contribution in [0.2, 0.25) is 0 Å². The Hall–Kier alpha value is 0.700.